The number of thiophene rings is 1. The molecule has 0 aliphatic rings. The van der Waals surface area contributed by atoms with Gasteiger partial charge in [-0.3, -0.25) is 9.59 Å². The molecule has 1 heterocycles. The highest BCUT2D eigenvalue weighted by Gasteiger charge is 2.20. The van der Waals surface area contributed by atoms with Gasteiger partial charge in [-0.15, -0.1) is 11.3 Å². The predicted molar refractivity (Wildman–Crippen MR) is 86.8 cm³/mol. The molecule has 0 unspecified atom stereocenters. The lowest BCUT2D eigenvalue weighted by atomic mass is 10.1. The zero-order valence-corrected chi connectivity index (χ0v) is 13.3. The minimum absolute atomic E-state index is 0.149. The van der Waals surface area contributed by atoms with Crippen LogP contribution in [0.25, 0.3) is 10.1 Å². The maximum absolute atomic E-state index is 12.3. The number of hydrogen-bond acceptors (Lipinski definition) is 3. The molecule has 0 saturated heterocycles. The average molecular weight is 304 g/mol. The lowest BCUT2D eigenvalue weighted by Gasteiger charge is -2.13. The van der Waals surface area contributed by atoms with Crippen molar-refractivity contribution in [2.45, 2.75) is 33.2 Å². The Hall–Kier alpha value is -1.88. The normalized spacial score (nSPS) is 12.1. The van der Waals surface area contributed by atoms with Gasteiger partial charge in [-0.2, -0.15) is 0 Å². The van der Waals surface area contributed by atoms with Crippen molar-refractivity contribution >= 4 is 33.2 Å². The van der Waals surface area contributed by atoms with Crippen LogP contribution in [0.2, 0.25) is 0 Å². The Balaban J connectivity index is 2.12. The van der Waals surface area contributed by atoms with E-state index >= 15 is 0 Å². The van der Waals surface area contributed by atoms with Crippen LogP contribution in [0.5, 0.6) is 0 Å². The molecule has 2 amide bonds. The molecule has 0 fully saturated rings. The average Bonchev–Trinajstić information content (AvgIpc) is 2.82. The van der Waals surface area contributed by atoms with E-state index in [2.05, 4.69) is 10.6 Å². The monoisotopic (exact) mass is 304 g/mol. The van der Waals surface area contributed by atoms with E-state index in [1.165, 1.54) is 11.3 Å². The molecule has 4 nitrogen and oxygen atoms in total. The van der Waals surface area contributed by atoms with Crippen molar-refractivity contribution in [3.63, 3.8) is 0 Å². The van der Waals surface area contributed by atoms with Gasteiger partial charge in [0.15, 0.2) is 0 Å². The largest absolute Gasteiger partial charge is 0.354 e. The number of hydrogen-bond donors (Lipinski definition) is 2. The molecule has 0 spiro atoms. The summed E-state index contributed by atoms with van der Waals surface area (Å²) in [4.78, 5) is 24.8. The predicted octanol–water partition coefficient (Wildman–Crippen LogP) is 2.85. The Morgan fingerprint density at radius 2 is 2.00 bits per heavy atom. The molecule has 0 aliphatic carbocycles. The van der Waals surface area contributed by atoms with Crippen LogP contribution in [-0.4, -0.2) is 24.4 Å². The molecule has 1 aromatic heterocycles. The van der Waals surface area contributed by atoms with E-state index < -0.39 is 6.04 Å². The Bertz CT molecular complexity index is 663. The second-order valence-electron chi connectivity index (χ2n) is 5.04. The van der Waals surface area contributed by atoms with Crippen LogP contribution >= 0.6 is 11.3 Å². The molecule has 2 N–H and O–H groups in total. The highest BCUT2D eigenvalue weighted by Crippen LogP contribution is 2.30. The SMILES string of the molecule is CCCNC(=O)[C@H](C)NC(=O)c1sc2ccccc2c1C. The molecule has 2 rings (SSSR count). The van der Waals surface area contributed by atoms with Gasteiger partial charge < -0.3 is 10.6 Å². The van der Waals surface area contributed by atoms with Gasteiger partial charge in [-0.25, -0.2) is 0 Å². The number of aryl methyl sites for hydroxylation is 1. The highest BCUT2D eigenvalue weighted by molar-refractivity contribution is 7.21. The Morgan fingerprint density at radius 1 is 1.29 bits per heavy atom. The fourth-order valence-corrected chi connectivity index (χ4v) is 3.23. The smallest absolute Gasteiger partial charge is 0.262 e. The molecule has 0 bridgehead atoms. The molecule has 112 valence electrons. The number of carbonyl (C=O) groups excluding carboxylic acids is 2. The minimum Gasteiger partial charge on any atom is -0.354 e. The first-order chi connectivity index (χ1) is 10.0. The molecule has 0 saturated carbocycles. The Morgan fingerprint density at radius 3 is 2.67 bits per heavy atom. The van der Waals surface area contributed by atoms with Crippen LogP contribution in [0.4, 0.5) is 0 Å². The molecule has 21 heavy (non-hydrogen) atoms. The standard InChI is InChI=1S/C16H20N2O2S/c1-4-9-17-15(19)11(3)18-16(20)14-10(2)12-7-5-6-8-13(12)21-14/h5-8,11H,4,9H2,1-3H3,(H,17,19)(H,18,20)/t11-/m0/s1. The third-order valence-electron chi connectivity index (χ3n) is 3.34. The molecule has 2 aromatic rings. The Labute approximate surface area is 128 Å². The molecule has 0 radical (unpaired) electrons. The second kappa shape index (κ2) is 6.72. The van der Waals surface area contributed by atoms with Crippen LogP contribution in [-0.2, 0) is 4.79 Å². The van der Waals surface area contributed by atoms with Crippen molar-refractivity contribution in [3.05, 3.63) is 34.7 Å². The van der Waals surface area contributed by atoms with Crippen molar-refractivity contribution in [2.75, 3.05) is 6.54 Å². The molecule has 0 aliphatic heterocycles. The van der Waals surface area contributed by atoms with E-state index in [0.29, 0.717) is 11.4 Å². The summed E-state index contributed by atoms with van der Waals surface area (Å²) in [6.07, 6.45) is 0.877. The summed E-state index contributed by atoms with van der Waals surface area (Å²) in [6, 6.07) is 7.40. The zero-order chi connectivity index (χ0) is 15.4. The first-order valence-corrected chi connectivity index (χ1v) is 7.93. The van der Waals surface area contributed by atoms with Crippen LogP contribution < -0.4 is 10.6 Å². The van der Waals surface area contributed by atoms with Crippen LogP contribution in [0, 0.1) is 6.92 Å². The van der Waals surface area contributed by atoms with E-state index in [1.54, 1.807) is 6.92 Å². The lowest BCUT2D eigenvalue weighted by Crippen LogP contribution is -2.44. The molecule has 1 aromatic carbocycles. The van der Waals surface area contributed by atoms with Gasteiger partial charge in [0, 0.05) is 11.2 Å². The van der Waals surface area contributed by atoms with Gasteiger partial charge in [-0.1, -0.05) is 25.1 Å². The van der Waals surface area contributed by atoms with Gasteiger partial charge in [0.1, 0.15) is 6.04 Å². The second-order valence-corrected chi connectivity index (χ2v) is 6.09. The summed E-state index contributed by atoms with van der Waals surface area (Å²) in [5.41, 5.74) is 0.967. The topological polar surface area (TPSA) is 58.2 Å². The summed E-state index contributed by atoms with van der Waals surface area (Å²) in [6.45, 7) is 6.26. The van der Waals surface area contributed by atoms with Crippen molar-refractivity contribution in [3.8, 4) is 0 Å². The minimum atomic E-state index is -0.534. The number of amides is 2. The van der Waals surface area contributed by atoms with E-state index in [0.717, 1.165) is 22.1 Å². The summed E-state index contributed by atoms with van der Waals surface area (Å²) in [5, 5.41) is 6.64. The molecular formula is C16H20N2O2S. The number of rotatable bonds is 5. The van der Waals surface area contributed by atoms with Crippen molar-refractivity contribution in [1.82, 2.24) is 10.6 Å². The third-order valence-corrected chi connectivity index (χ3v) is 4.61. The van der Waals surface area contributed by atoms with E-state index in [4.69, 9.17) is 0 Å². The maximum Gasteiger partial charge on any atom is 0.262 e. The van der Waals surface area contributed by atoms with Crippen molar-refractivity contribution in [2.24, 2.45) is 0 Å². The Kier molecular flexibility index (Phi) is 4.96. The number of nitrogens with one attached hydrogen (secondary N) is 2. The van der Waals surface area contributed by atoms with E-state index in [1.807, 2.05) is 38.1 Å². The maximum atomic E-state index is 12.3. The van der Waals surface area contributed by atoms with Gasteiger partial charge in [-0.05, 0) is 37.3 Å². The van der Waals surface area contributed by atoms with E-state index in [-0.39, 0.29) is 11.8 Å². The first kappa shape index (κ1) is 15.5. The fourth-order valence-electron chi connectivity index (χ4n) is 2.12. The van der Waals surface area contributed by atoms with Gasteiger partial charge >= 0.3 is 0 Å². The van der Waals surface area contributed by atoms with Crippen molar-refractivity contribution in [1.29, 1.82) is 0 Å². The molecule has 1 atom stereocenters. The number of fused-ring (bicyclic) bond motifs is 1. The first-order valence-electron chi connectivity index (χ1n) is 7.11. The quantitative estimate of drug-likeness (QED) is 0.892. The zero-order valence-electron chi connectivity index (χ0n) is 12.5. The van der Waals surface area contributed by atoms with Gasteiger partial charge in [0.05, 0.1) is 4.88 Å². The van der Waals surface area contributed by atoms with Crippen molar-refractivity contribution < 1.29 is 9.59 Å². The number of benzene rings is 1. The fraction of sp³-hybridized carbons (Fsp3) is 0.375. The highest BCUT2D eigenvalue weighted by atomic mass is 32.1. The summed E-state index contributed by atoms with van der Waals surface area (Å²) >= 11 is 1.46. The number of carbonyl (C=O) groups is 2. The summed E-state index contributed by atoms with van der Waals surface area (Å²) in [5.74, 6) is -0.336. The lowest BCUT2D eigenvalue weighted by molar-refractivity contribution is -0.122. The third kappa shape index (κ3) is 3.42. The molecular weight excluding hydrogens is 284 g/mol. The summed E-state index contributed by atoms with van der Waals surface area (Å²) < 4.78 is 1.09. The van der Waals surface area contributed by atoms with Crippen LogP contribution in [0.1, 0.15) is 35.5 Å². The van der Waals surface area contributed by atoms with Gasteiger partial charge in [0.25, 0.3) is 5.91 Å². The van der Waals surface area contributed by atoms with Gasteiger partial charge in [0.2, 0.25) is 5.91 Å². The van der Waals surface area contributed by atoms with Crippen LogP contribution in [0.15, 0.2) is 24.3 Å². The van der Waals surface area contributed by atoms with E-state index in [9.17, 15) is 9.59 Å². The molecule has 5 heteroatoms. The summed E-state index contributed by atoms with van der Waals surface area (Å²) in [7, 11) is 0. The van der Waals surface area contributed by atoms with Crippen LogP contribution in [0.3, 0.4) is 0 Å².